The van der Waals surface area contributed by atoms with E-state index in [1.165, 1.54) is 7.11 Å². The maximum absolute atomic E-state index is 10.5. The molecule has 0 aromatic rings. The van der Waals surface area contributed by atoms with Crippen molar-refractivity contribution in [3.05, 3.63) is 0 Å². The molecule has 0 spiro atoms. The average molecular weight is 132 g/mol. The lowest BCUT2D eigenvalue weighted by atomic mass is 10.3. The molecule has 0 atom stereocenters. The number of hydrogen-bond donors (Lipinski definition) is 0. The Morgan fingerprint density at radius 3 is 2.67 bits per heavy atom. The first-order valence-electron chi connectivity index (χ1n) is 3.04. The van der Waals surface area contributed by atoms with Crippen LogP contribution < -0.4 is 0 Å². The van der Waals surface area contributed by atoms with Crippen LogP contribution >= 0.6 is 0 Å². The van der Waals surface area contributed by atoms with Crippen molar-refractivity contribution >= 4 is 5.97 Å². The lowest BCUT2D eigenvalue weighted by Gasteiger charge is -1.96. The van der Waals surface area contributed by atoms with Gasteiger partial charge < -0.3 is 0 Å². The van der Waals surface area contributed by atoms with Gasteiger partial charge in [0.05, 0.1) is 7.11 Å². The van der Waals surface area contributed by atoms with Gasteiger partial charge in [0.1, 0.15) is 0 Å². The Bertz CT molecular complexity index is 80.4. The summed E-state index contributed by atoms with van der Waals surface area (Å²) in [6.45, 7) is 2.01. The van der Waals surface area contributed by atoms with Crippen molar-refractivity contribution in [2.75, 3.05) is 7.11 Å². The second kappa shape index (κ2) is 5.56. The first kappa shape index (κ1) is 8.43. The summed E-state index contributed by atoms with van der Waals surface area (Å²) in [5.74, 6) is -0.292. The summed E-state index contributed by atoms with van der Waals surface area (Å²) in [4.78, 5) is 18.8. The van der Waals surface area contributed by atoms with E-state index in [1.54, 1.807) is 0 Å². The molecule has 3 nitrogen and oxygen atoms in total. The summed E-state index contributed by atoms with van der Waals surface area (Å²) in [6, 6.07) is 0. The Morgan fingerprint density at radius 1 is 1.56 bits per heavy atom. The van der Waals surface area contributed by atoms with Gasteiger partial charge in [-0.3, -0.25) is 4.89 Å². The SMILES string of the molecule is CCCCC(=O)OOC. The Balaban J connectivity index is 3.06. The molecule has 0 N–H and O–H groups in total. The van der Waals surface area contributed by atoms with E-state index in [0.717, 1.165) is 12.8 Å². The van der Waals surface area contributed by atoms with Gasteiger partial charge in [-0.05, 0) is 6.42 Å². The molecule has 54 valence electrons. The highest BCUT2D eigenvalue weighted by molar-refractivity contribution is 5.68. The smallest absolute Gasteiger partial charge is 0.299 e. The van der Waals surface area contributed by atoms with E-state index in [9.17, 15) is 4.79 Å². The molecule has 0 aliphatic rings. The van der Waals surface area contributed by atoms with Gasteiger partial charge in [-0.1, -0.05) is 13.3 Å². The van der Waals surface area contributed by atoms with Crippen LogP contribution in [0.1, 0.15) is 26.2 Å². The fraction of sp³-hybridized carbons (Fsp3) is 0.833. The van der Waals surface area contributed by atoms with Crippen molar-refractivity contribution in [2.24, 2.45) is 0 Å². The van der Waals surface area contributed by atoms with Crippen LogP contribution in [0.2, 0.25) is 0 Å². The van der Waals surface area contributed by atoms with Gasteiger partial charge in [0.15, 0.2) is 0 Å². The molecule has 0 bridgehead atoms. The quantitative estimate of drug-likeness (QED) is 0.427. The zero-order valence-electron chi connectivity index (χ0n) is 5.85. The molecule has 0 radical (unpaired) electrons. The summed E-state index contributed by atoms with van der Waals surface area (Å²) in [5.41, 5.74) is 0. The van der Waals surface area contributed by atoms with Gasteiger partial charge in [-0.2, -0.15) is 4.89 Å². The van der Waals surface area contributed by atoms with Crippen LogP contribution in [0.15, 0.2) is 0 Å². The Labute approximate surface area is 54.9 Å². The van der Waals surface area contributed by atoms with Crippen molar-refractivity contribution in [3.63, 3.8) is 0 Å². The Kier molecular flexibility index (Phi) is 5.21. The van der Waals surface area contributed by atoms with Crippen LogP contribution in [0.25, 0.3) is 0 Å². The number of carbonyl (C=O) groups is 1. The summed E-state index contributed by atoms with van der Waals surface area (Å²) in [5, 5.41) is 0. The first-order chi connectivity index (χ1) is 4.31. The van der Waals surface area contributed by atoms with Crippen molar-refractivity contribution in [1.29, 1.82) is 0 Å². The summed E-state index contributed by atoms with van der Waals surface area (Å²) in [6.07, 6.45) is 2.31. The third-order valence-corrected chi connectivity index (χ3v) is 0.911. The highest BCUT2D eigenvalue weighted by Crippen LogP contribution is 1.95. The highest BCUT2D eigenvalue weighted by Gasteiger charge is 1.99. The van der Waals surface area contributed by atoms with E-state index in [1.807, 2.05) is 6.92 Å². The second-order valence-corrected chi connectivity index (χ2v) is 1.73. The minimum Gasteiger partial charge on any atom is -0.299 e. The lowest BCUT2D eigenvalue weighted by Crippen LogP contribution is -2.01. The molecule has 0 aromatic carbocycles. The van der Waals surface area contributed by atoms with Crippen LogP contribution in [0, 0.1) is 0 Å². The number of rotatable bonds is 4. The Hall–Kier alpha value is -0.570. The van der Waals surface area contributed by atoms with E-state index >= 15 is 0 Å². The lowest BCUT2D eigenvalue weighted by molar-refractivity contribution is -0.255. The monoisotopic (exact) mass is 132 g/mol. The maximum atomic E-state index is 10.5. The van der Waals surface area contributed by atoms with E-state index in [4.69, 9.17) is 0 Å². The molecule has 0 saturated carbocycles. The van der Waals surface area contributed by atoms with Gasteiger partial charge in [0, 0.05) is 6.42 Å². The predicted octanol–water partition coefficient (Wildman–Crippen LogP) is 1.28. The summed E-state index contributed by atoms with van der Waals surface area (Å²) >= 11 is 0. The molecule has 0 aliphatic heterocycles. The number of carbonyl (C=O) groups excluding carboxylic acids is 1. The first-order valence-corrected chi connectivity index (χ1v) is 3.04. The van der Waals surface area contributed by atoms with Gasteiger partial charge in [0.25, 0.3) is 0 Å². The van der Waals surface area contributed by atoms with Crippen molar-refractivity contribution in [2.45, 2.75) is 26.2 Å². The molecule has 0 aliphatic carbocycles. The van der Waals surface area contributed by atoms with E-state index in [0.29, 0.717) is 6.42 Å². The van der Waals surface area contributed by atoms with Gasteiger partial charge >= 0.3 is 5.97 Å². The molecule has 0 fully saturated rings. The summed E-state index contributed by atoms with van der Waals surface area (Å²) < 4.78 is 0. The molecule has 0 rings (SSSR count). The molecule has 0 aromatic heterocycles. The zero-order chi connectivity index (χ0) is 7.11. The summed E-state index contributed by atoms with van der Waals surface area (Å²) in [7, 11) is 1.32. The van der Waals surface area contributed by atoms with Gasteiger partial charge in [-0.15, -0.1) is 0 Å². The maximum Gasteiger partial charge on any atom is 0.342 e. The van der Waals surface area contributed by atoms with E-state index < -0.39 is 0 Å². The average Bonchev–Trinajstić information content (AvgIpc) is 1.85. The van der Waals surface area contributed by atoms with Crippen LogP contribution in [0.3, 0.4) is 0 Å². The topological polar surface area (TPSA) is 35.5 Å². The van der Waals surface area contributed by atoms with Crippen LogP contribution in [-0.4, -0.2) is 13.1 Å². The fourth-order valence-corrected chi connectivity index (χ4v) is 0.456. The van der Waals surface area contributed by atoms with Gasteiger partial charge in [0.2, 0.25) is 0 Å². The number of unbranched alkanes of at least 4 members (excludes halogenated alkanes) is 1. The van der Waals surface area contributed by atoms with Crippen LogP contribution in [0.5, 0.6) is 0 Å². The van der Waals surface area contributed by atoms with Gasteiger partial charge in [-0.25, -0.2) is 4.79 Å². The number of hydrogen-bond acceptors (Lipinski definition) is 3. The van der Waals surface area contributed by atoms with Crippen molar-refractivity contribution < 1.29 is 14.6 Å². The third kappa shape index (κ3) is 5.30. The largest absolute Gasteiger partial charge is 0.342 e. The third-order valence-electron chi connectivity index (χ3n) is 0.911. The minimum absolute atomic E-state index is 0.292. The van der Waals surface area contributed by atoms with E-state index in [-0.39, 0.29) is 5.97 Å². The molecular weight excluding hydrogens is 120 g/mol. The second-order valence-electron chi connectivity index (χ2n) is 1.73. The minimum atomic E-state index is -0.292. The van der Waals surface area contributed by atoms with Crippen molar-refractivity contribution in [1.82, 2.24) is 0 Å². The predicted molar refractivity (Wildman–Crippen MR) is 32.6 cm³/mol. The van der Waals surface area contributed by atoms with E-state index in [2.05, 4.69) is 9.78 Å². The van der Waals surface area contributed by atoms with Crippen molar-refractivity contribution in [3.8, 4) is 0 Å². The highest BCUT2D eigenvalue weighted by atomic mass is 17.2. The standard InChI is InChI=1S/C6H12O3/c1-3-4-5-6(7)9-8-2/h3-5H2,1-2H3. The molecule has 3 heteroatoms. The van der Waals surface area contributed by atoms with Crippen LogP contribution in [-0.2, 0) is 14.6 Å². The normalized spacial score (nSPS) is 9.11. The zero-order valence-corrected chi connectivity index (χ0v) is 5.85. The molecule has 0 amide bonds. The van der Waals surface area contributed by atoms with Crippen LogP contribution in [0.4, 0.5) is 0 Å². The fourth-order valence-electron chi connectivity index (χ4n) is 0.456. The molecule has 9 heavy (non-hydrogen) atoms. The Morgan fingerprint density at radius 2 is 2.22 bits per heavy atom. The molecule has 0 unspecified atom stereocenters. The molecular formula is C6H12O3. The molecule has 0 saturated heterocycles. The molecule has 0 heterocycles.